The lowest BCUT2D eigenvalue weighted by Crippen LogP contribution is -1.94. The van der Waals surface area contributed by atoms with Gasteiger partial charge in [0.15, 0.2) is 0 Å². The van der Waals surface area contributed by atoms with Crippen molar-refractivity contribution in [3.63, 3.8) is 0 Å². The molecular weight excluding hydrogens is 200 g/mol. The van der Waals surface area contributed by atoms with Crippen molar-refractivity contribution in [2.24, 2.45) is 5.73 Å². The van der Waals surface area contributed by atoms with Crippen molar-refractivity contribution in [1.29, 1.82) is 0 Å². The molecule has 0 unspecified atom stereocenters. The van der Waals surface area contributed by atoms with Gasteiger partial charge in [0.2, 0.25) is 0 Å². The smallest absolute Gasteiger partial charge is 0.129 e. The summed E-state index contributed by atoms with van der Waals surface area (Å²) in [4.78, 5) is 0. The minimum Gasteiger partial charge on any atom is -0.458 e. The molecule has 0 radical (unpaired) electrons. The van der Waals surface area contributed by atoms with Gasteiger partial charge in [-0.25, -0.2) is 0 Å². The van der Waals surface area contributed by atoms with Gasteiger partial charge in [-0.2, -0.15) is 0 Å². The van der Waals surface area contributed by atoms with Crippen molar-refractivity contribution in [1.82, 2.24) is 0 Å². The molecule has 16 heavy (non-hydrogen) atoms. The lowest BCUT2D eigenvalue weighted by atomic mass is 10.3. The Balaban J connectivity index is 2.11. The maximum atomic E-state index is 5.68. The fraction of sp³-hybridized carbons (Fsp3) is 0.0769. The van der Waals surface area contributed by atoms with E-state index in [-0.39, 0.29) is 0 Å². The number of hydrogen-bond donors (Lipinski definition) is 2. The summed E-state index contributed by atoms with van der Waals surface area (Å²) in [5, 5.41) is 0. The quantitative estimate of drug-likeness (QED) is 0.743. The summed E-state index contributed by atoms with van der Waals surface area (Å²) in [5.74, 6) is 1.51. The van der Waals surface area contributed by atoms with Crippen LogP contribution in [0.5, 0.6) is 5.75 Å². The van der Waals surface area contributed by atoms with Crippen molar-refractivity contribution >= 4 is 5.69 Å². The summed E-state index contributed by atoms with van der Waals surface area (Å²) in [6.45, 7) is 0. The number of nitrogens with two attached hydrogens (primary N) is 2. The lowest BCUT2D eigenvalue weighted by molar-refractivity contribution is 0.443. The maximum absolute atomic E-state index is 5.68. The highest BCUT2D eigenvalue weighted by molar-refractivity contribution is 5.44. The molecule has 1 aromatic carbocycles. The first-order valence-corrected chi connectivity index (χ1v) is 5.11. The second-order valence-electron chi connectivity index (χ2n) is 3.55. The second kappa shape index (κ2) is 4.57. The van der Waals surface area contributed by atoms with E-state index in [0.717, 1.165) is 23.6 Å². The molecule has 1 aliphatic carbocycles. The topological polar surface area (TPSA) is 61.3 Å². The van der Waals surface area contributed by atoms with E-state index >= 15 is 0 Å². The Bertz CT molecular complexity index is 473. The molecule has 3 nitrogen and oxygen atoms in total. The van der Waals surface area contributed by atoms with Gasteiger partial charge in [-0.3, -0.25) is 0 Å². The van der Waals surface area contributed by atoms with Gasteiger partial charge in [-0.1, -0.05) is 12.1 Å². The first-order valence-electron chi connectivity index (χ1n) is 5.11. The molecule has 82 valence electrons. The number of hydrogen-bond acceptors (Lipinski definition) is 3. The van der Waals surface area contributed by atoms with E-state index in [1.54, 1.807) is 6.07 Å². The maximum Gasteiger partial charge on any atom is 0.129 e. The SMILES string of the molecule is NC1=CCC=C(Oc2cccc(N)c2)C=C1. The van der Waals surface area contributed by atoms with Crippen LogP contribution >= 0.6 is 0 Å². The molecule has 1 aliphatic rings. The van der Waals surface area contributed by atoms with Crippen molar-refractivity contribution in [2.75, 3.05) is 5.73 Å². The Morgan fingerprint density at radius 1 is 1.06 bits per heavy atom. The van der Waals surface area contributed by atoms with Crippen LogP contribution in [0.1, 0.15) is 6.42 Å². The second-order valence-corrected chi connectivity index (χ2v) is 3.55. The van der Waals surface area contributed by atoms with Crippen LogP contribution in [0.2, 0.25) is 0 Å². The molecule has 1 aromatic rings. The largest absolute Gasteiger partial charge is 0.458 e. The zero-order chi connectivity index (χ0) is 11.4. The summed E-state index contributed by atoms with van der Waals surface area (Å²) in [6.07, 6.45) is 8.36. The van der Waals surface area contributed by atoms with Gasteiger partial charge in [-0.15, -0.1) is 0 Å². The number of ether oxygens (including phenoxy) is 1. The van der Waals surface area contributed by atoms with Crippen LogP contribution < -0.4 is 16.2 Å². The first-order chi connectivity index (χ1) is 7.74. The number of allylic oxidation sites excluding steroid dienone is 4. The van der Waals surface area contributed by atoms with Gasteiger partial charge in [0.05, 0.1) is 0 Å². The van der Waals surface area contributed by atoms with Gasteiger partial charge in [0, 0.05) is 17.5 Å². The van der Waals surface area contributed by atoms with Crippen LogP contribution in [0.25, 0.3) is 0 Å². The normalized spacial score (nSPS) is 15.0. The van der Waals surface area contributed by atoms with E-state index in [2.05, 4.69) is 0 Å². The predicted octanol–water partition coefficient (Wildman–Crippen LogP) is 2.33. The minimum absolute atomic E-state index is 0.688. The Hall–Kier alpha value is -2.16. The van der Waals surface area contributed by atoms with Crippen molar-refractivity contribution < 1.29 is 4.74 Å². The summed E-state index contributed by atoms with van der Waals surface area (Å²) in [7, 11) is 0. The molecule has 0 aromatic heterocycles. The number of anilines is 1. The van der Waals surface area contributed by atoms with Gasteiger partial charge in [0.1, 0.15) is 11.5 Å². The van der Waals surface area contributed by atoms with Crippen LogP contribution in [0.15, 0.2) is 60.0 Å². The summed E-state index contributed by atoms with van der Waals surface area (Å²) in [5.41, 5.74) is 12.8. The first kappa shape index (κ1) is 10.4. The molecule has 0 bridgehead atoms. The molecule has 0 amide bonds. The molecule has 4 N–H and O–H groups in total. The number of nitrogen functional groups attached to an aromatic ring is 1. The average molecular weight is 214 g/mol. The fourth-order valence-corrected chi connectivity index (χ4v) is 1.42. The molecule has 0 heterocycles. The van der Waals surface area contributed by atoms with E-state index in [9.17, 15) is 0 Å². The summed E-state index contributed by atoms with van der Waals surface area (Å²) < 4.78 is 5.67. The van der Waals surface area contributed by atoms with Crippen LogP contribution in [0.3, 0.4) is 0 Å². The molecule has 0 spiro atoms. The van der Waals surface area contributed by atoms with Crippen LogP contribution in [0.4, 0.5) is 5.69 Å². The average Bonchev–Trinajstić information content (AvgIpc) is 2.44. The summed E-state index contributed by atoms with van der Waals surface area (Å²) in [6, 6.07) is 7.34. The minimum atomic E-state index is 0.688. The molecule has 3 heteroatoms. The van der Waals surface area contributed by atoms with E-state index < -0.39 is 0 Å². The zero-order valence-corrected chi connectivity index (χ0v) is 8.89. The van der Waals surface area contributed by atoms with Crippen LogP contribution in [0, 0.1) is 0 Å². The zero-order valence-electron chi connectivity index (χ0n) is 8.89. The highest BCUT2D eigenvalue weighted by Gasteiger charge is 2.00. The molecule has 0 atom stereocenters. The van der Waals surface area contributed by atoms with Gasteiger partial charge < -0.3 is 16.2 Å². The van der Waals surface area contributed by atoms with Crippen LogP contribution in [-0.4, -0.2) is 0 Å². The van der Waals surface area contributed by atoms with E-state index in [0.29, 0.717) is 5.69 Å². The van der Waals surface area contributed by atoms with E-state index in [1.807, 2.05) is 42.5 Å². The monoisotopic (exact) mass is 214 g/mol. The van der Waals surface area contributed by atoms with Crippen molar-refractivity contribution in [3.8, 4) is 5.75 Å². The standard InChI is InChI=1S/C13H14N2O/c14-10-3-1-5-12(8-7-10)16-13-6-2-4-11(15)9-13/h2-9H,1,14-15H2. The molecular formula is C13H14N2O. The molecule has 2 rings (SSSR count). The number of rotatable bonds is 2. The molecule has 0 aliphatic heterocycles. The summed E-state index contributed by atoms with van der Waals surface area (Å²) >= 11 is 0. The third-order valence-corrected chi connectivity index (χ3v) is 2.21. The highest BCUT2D eigenvalue weighted by Crippen LogP contribution is 2.19. The van der Waals surface area contributed by atoms with Gasteiger partial charge >= 0.3 is 0 Å². The van der Waals surface area contributed by atoms with Crippen LogP contribution in [-0.2, 0) is 0 Å². The molecule has 0 fully saturated rings. The fourth-order valence-electron chi connectivity index (χ4n) is 1.42. The lowest BCUT2D eigenvalue weighted by Gasteiger charge is -2.06. The highest BCUT2D eigenvalue weighted by atomic mass is 16.5. The third kappa shape index (κ3) is 2.67. The predicted molar refractivity (Wildman–Crippen MR) is 65.6 cm³/mol. The molecule has 0 saturated carbocycles. The van der Waals surface area contributed by atoms with Crippen molar-refractivity contribution in [2.45, 2.75) is 6.42 Å². The Morgan fingerprint density at radius 3 is 2.75 bits per heavy atom. The van der Waals surface area contributed by atoms with Gasteiger partial charge in [0.25, 0.3) is 0 Å². The number of benzene rings is 1. The molecule has 0 saturated heterocycles. The third-order valence-electron chi connectivity index (χ3n) is 2.21. The van der Waals surface area contributed by atoms with Crippen molar-refractivity contribution in [3.05, 3.63) is 60.0 Å². The van der Waals surface area contributed by atoms with E-state index in [1.165, 1.54) is 0 Å². The van der Waals surface area contributed by atoms with Gasteiger partial charge in [-0.05, 0) is 36.8 Å². The Kier molecular flexibility index (Phi) is 2.96. The Labute approximate surface area is 94.7 Å². The van der Waals surface area contributed by atoms with E-state index in [4.69, 9.17) is 16.2 Å². The Morgan fingerprint density at radius 2 is 1.94 bits per heavy atom.